The Labute approximate surface area is 158 Å². The molecule has 0 aliphatic rings. The van der Waals surface area contributed by atoms with Gasteiger partial charge < -0.3 is 15.2 Å². The summed E-state index contributed by atoms with van der Waals surface area (Å²) in [5, 5.41) is 16.4. The van der Waals surface area contributed by atoms with Gasteiger partial charge in [-0.2, -0.15) is 5.10 Å². The molecule has 2 rings (SSSR count). The number of rotatable bonds is 5. The molecule has 2 aromatic rings. The van der Waals surface area contributed by atoms with Crippen molar-refractivity contribution in [2.24, 2.45) is 10.5 Å². The molecule has 27 heavy (non-hydrogen) atoms. The van der Waals surface area contributed by atoms with Crippen molar-refractivity contribution in [3.8, 4) is 11.5 Å². The maximum Gasteiger partial charge on any atom is 0.271 e. The quantitative estimate of drug-likeness (QED) is 0.557. The highest BCUT2D eigenvalue weighted by Gasteiger charge is 2.21. The molecule has 0 aromatic heterocycles. The minimum Gasteiger partial charge on any atom is -0.504 e. The zero-order chi connectivity index (χ0) is 20.0. The summed E-state index contributed by atoms with van der Waals surface area (Å²) in [4.78, 5) is 24.1. The second-order valence-electron chi connectivity index (χ2n) is 6.91. The second-order valence-corrected chi connectivity index (χ2v) is 6.91. The van der Waals surface area contributed by atoms with E-state index in [0.29, 0.717) is 22.6 Å². The van der Waals surface area contributed by atoms with E-state index >= 15 is 0 Å². The van der Waals surface area contributed by atoms with Crippen LogP contribution >= 0.6 is 0 Å². The van der Waals surface area contributed by atoms with Crippen LogP contribution in [-0.4, -0.2) is 30.2 Å². The smallest absolute Gasteiger partial charge is 0.271 e. The predicted molar refractivity (Wildman–Crippen MR) is 104 cm³/mol. The molecule has 2 aromatic carbocycles. The summed E-state index contributed by atoms with van der Waals surface area (Å²) >= 11 is 0. The number of aromatic hydroxyl groups is 1. The van der Waals surface area contributed by atoms with E-state index in [1.54, 1.807) is 36.4 Å². The third kappa shape index (κ3) is 5.57. The van der Waals surface area contributed by atoms with Crippen LogP contribution in [0.5, 0.6) is 11.5 Å². The summed E-state index contributed by atoms with van der Waals surface area (Å²) in [7, 11) is 1.46. The van der Waals surface area contributed by atoms with Crippen molar-refractivity contribution in [3.63, 3.8) is 0 Å². The molecule has 0 saturated carbocycles. The van der Waals surface area contributed by atoms with E-state index in [0.717, 1.165) is 0 Å². The molecule has 7 nitrogen and oxygen atoms in total. The number of hydrogen-bond acceptors (Lipinski definition) is 5. The molecule has 0 unspecified atom stereocenters. The van der Waals surface area contributed by atoms with Crippen molar-refractivity contribution in [2.75, 3.05) is 12.4 Å². The highest BCUT2D eigenvalue weighted by Crippen LogP contribution is 2.25. The van der Waals surface area contributed by atoms with Gasteiger partial charge in [-0.15, -0.1) is 0 Å². The number of nitrogens with zero attached hydrogens (tertiary/aromatic N) is 1. The van der Waals surface area contributed by atoms with E-state index in [1.807, 2.05) is 20.8 Å². The van der Waals surface area contributed by atoms with E-state index in [9.17, 15) is 14.7 Å². The lowest BCUT2D eigenvalue weighted by molar-refractivity contribution is -0.123. The lowest BCUT2D eigenvalue weighted by Gasteiger charge is -2.17. The molecule has 2 amide bonds. The van der Waals surface area contributed by atoms with E-state index in [4.69, 9.17) is 4.74 Å². The van der Waals surface area contributed by atoms with E-state index in [1.165, 1.54) is 19.4 Å². The van der Waals surface area contributed by atoms with Crippen LogP contribution in [0.2, 0.25) is 0 Å². The molecule has 0 aliphatic heterocycles. The Morgan fingerprint density at radius 2 is 1.78 bits per heavy atom. The summed E-state index contributed by atoms with van der Waals surface area (Å²) in [6.45, 7) is 5.47. The van der Waals surface area contributed by atoms with Crippen LogP contribution in [-0.2, 0) is 4.79 Å². The van der Waals surface area contributed by atoms with Crippen LogP contribution < -0.4 is 15.5 Å². The number of nitrogens with one attached hydrogen (secondary N) is 2. The molecule has 7 heteroatoms. The van der Waals surface area contributed by atoms with Crippen molar-refractivity contribution in [3.05, 3.63) is 53.6 Å². The van der Waals surface area contributed by atoms with Crippen molar-refractivity contribution in [2.45, 2.75) is 20.8 Å². The van der Waals surface area contributed by atoms with E-state index in [-0.39, 0.29) is 11.7 Å². The highest BCUT2D eigenvalue weighted by atomic mass is 16.5. The van der Waals surface area contributed by atoms with Gasteiger partial charge in [0.2, 0.25) is 5.91 Å². The van der Waals surface area contributed by atoms with Gasteiger partial charge in [0.25, 0.3) is 5.91 Å². The standard InChI is InChI=1S/C20H23N3O4/c1-20(2,3)19(26)22-15-8-6-14(7-9-15)18(25)23-21-12-13-5-10-17(27-4)16(24)11-13/h5-12,24H,1-4H3,(H,22,26)(H,23,25). The topological polar surface area (TPSA) is 100 Å². The van der Waals surface area contributed by atoms with Gasteiger partial charge >= 0.3 is 0 Å². The number of carbonyl (C=O) groups is 2. The first-order chi connectivity index (χ1) is 12.7. The number of carbonyl (C=O) groups excluding carboxylic acids is 2. The zero-order valence-corrected chi connectivity index (χ0v) is 15.7. The number of ether oxygens (including phenoxy) is 1. The Hall–Kier alpha value is -3.35. The van der Waals surface area contributed by atoms with Crippen LogP contribution in [0.15, 0.2) is 47.6 Å². The first kappa shape index (κ1) is 20.0. The van der Waals surface area contributed by atoms with Crippen molar-refractivity contribution >= 4 is 23.7 Å². The predicted octanol–water partition coefficient (Wildman–Crippen LogP) is 3.15. The minimum atomic E-state index is -0.499. The third-order valence-corrected chi connectivity index (χ3v) is 3.67. The summed E-state index contributed by atoms with van der Waals surface area (Å²) in [5.41, 5.74) is 3.53. The number of phenols is 1. The van der Waals surface area contributed by atoms with E-state index in [2.05, 4.69) is 15.8 Å². The monoisotopic (exact) mass is 369 g/mol. The molecule has 0 atom stereocenters. The molecule has 3 N–H and O–H groups in total. The van der Waals surface area contributed by atoms with Gasteiger partial charge in [0, 0.05) is 16.7 Å². The van der Waals surface area contributed by atoms with Gasteiger partial charge in [-0.3, -0.25) is 9.59 Å². The van der Waals surface area contributed by atoms with Crippen LogP contribution in [0.1, 0.15) is 36.7 Å². The molecule has 0 bridgehead atoms. The Kier molecular flexibility index (Phi) is 6.18. The molecule has 0 saturated heterocycles. The lowest BCUT2D eigenvalue weighted by Crippen LogP contribution is -2.27. The van der Waals surface area contributed by atoms with Crippen molar-refractivity contribution < 1.29 is 19.4 Å². The Bertz CT molecular complexity index is 853. The number of hydrazone groups is 1. The number of amides is 2. The fraction of sp³-hybridized carbons (Fsp3) is 0.250. The number of benzene rings is 2. The molecule has 142 valence electrons. The number of anilines is 1. The lowest BCUT2D eigenvalue weighted by atomic mass is 9.95. The molecule has 0 fully saturated rings. The summed E-state index contributed by atoms with van der Waals surface area (Å²) in [5.74, 6) is -0.153. The van der Waals surface area contributed by atoms with Gasteiger partial charge in [0.15, 0.2) is 11.5 Å². The van der Waals surface area contributed by atoms with Crippen LogP contribution in [0, 0.1) is 5.41 Å². The van der Waals surface area contributed by atoms with Gasteiger partial charge in [0.1, 0.15) is 0 Å². The Balaban J connectivity index is 1.96. The van der Waals surface area contributed by atoms with E-state index < -0.39 is 11.3 Å². The molecule has 0 heterocycles. The average molecular weight is 369 g/mol. The van der Waals surface area contributed by atoms with Crippen molar-refractivity contribution in [1.82, 2.24) is 5.43 Å². The highest BCUT2D eigenvalue weighted by molar-refractivity contribution is 5.97. The maximum atomic E-state index is 12.1. The van der Waals surface area contributed by atoms with Gasteiger partial charge in [-0.25, -0.2) is 5.43 Å². The van der Waals surface area contributed by atoms with Crippen LogP contribution in [0.4, 0.5) is 5.69 Å². The third-order valence-electron chi connectivity index (χ3n) is 3.67. The summed E-state index contributed by atoms with van der Waals surface area (Å²) in [6, 6.07) is 11.3. The largest absolute Gasteiger partial charge is 0.504 e. The van der Waals surface area contributed by atoms with Crippen LogP contribution in [0.3, 0.4) is 0 Å². The maximum absolute atomic E-state index is 12.1. The Morgan fingerprint density at radius 3 is 2.33 bits per heavy atom. The molecule has 0 radical (unpaired) electrons. The molecular weight excluding hydrogens is 346 g/mol. The van der Waals surface area contributed by atoms with Gasteiger partial charge in [0.05, 0.1) is 13.3 Å². The molecular formula is C20H23N3O4. The zero-order valence-electron chi connectivity index (χ0n) is 15.7. The number of methoxy groups -OCH3 is 1. The number of hydrogen-bond donors (Lipinski definition) is 3. The normalized spacial score (nSPS) is 11.3. The van der Waals surface area contributed by atoms with Crippen molar-refractivity contribution in [1.29, 1.82) is 0 Å². The molecule has 0 aliphatic carbocycles. The first-order valence-electron chi connectivity index (χ1n) is 8.32. The Morgan fingerprint density at radius 1 is 1.11 bits per heavy atom. The number of phenolic OH excluding ortho intramolecular Hbond substituents is 1. The summed E-state index contributed by atoms with van der Waals surface area (Å²) in [6.07, 6.45) is 1.41. The fourth-order valence-corrected chi connectivity index (χ4v) is 2.04. The van der Waals surface area contributed by atoms with Crippen LogP contribution in [0.25, 0.3) is 0 Å². The molecule has 0 spiro atoms. The second kappa shape index (κ2) is 8.35. The first-order valence-corrected chi connectivity index (χ1v) is 8.32. The summed E-state index contributed by atoms with van der Waals surface area (Å²) < 4.78 is 4.96. The SMILES string of the molecule is COc1ccc(C=NNC(=O)c2ccc(NC(=O)C(C)(C)C)cc2)cc1O. The van der Waals surface area contributed by atoms with Gasteiger partial charge in [-0.05, 0) is 48.0 Å². The fourth-order valence-electron chi connectivity index (χ4n) is 2.04. The van der Waals surface area contributed by atoms with Gasteiger partial charge in [-0.1, -0.05) is 20.8 Å². The minimum absolute atomic E-state index is 0.0133. The average Bonchev–Trinajstić information content (AvgIpc) is 2.61.